The van der Waals surface area contributed by atoms with E-state index in [0.717, 1.165) is 0 Å². The molecule has 0 aromatic heterocycles. The summed E-state index contributed by atoms with van der Waals surface area (Å²) in [6, 6.07) is -1.09. The van der Waals surface area contributed by atoms with Crippen molar-refractivity contribution in [3.8, 4) is 0 Å². The summed E-state index contributed by atoms with van der Waals surface area (Å²) in [5, 5.41) is 0. The van der Waals surface area contributed by atoms with Crippen LogP contribution >= 0.6 is 0 Å². The van der Waals surface area contributed by atoms with Gasteiger partial charge in [0.05, 0.1) is 5.92 Å². The van der Waals surface area contributed by atoms with Crippen LogP contribution in [0.3, 0.4) is 0 Å². The molecule has 1 saturated heterocycles. The molecule has 0 aliphatic carbocycles. The van der Waals surface area contributed by atoms with E-state index in [4.69, 9.17) is 10.5 Å². The Kier molecular flexibility index (Phi) is 4.15. The molecule has 2 atom stereocenters. The van der Waals surface area contributed by atoms with Crippen molar-refractivity contribution in [3.63, 3.8) is 0 Å². The van der Waals surface area contributed by atoms with Crippen LogP contribution in [0.15, 0.2) is 0 Å². The van der Waals surface area contributed by atoms with Crippen molar-refractivity contribution in [2.75, 3.05) is 13.1 Å². The number of hydrogen-bond acceptors (Lipinski definition) is 3. The number of carbonyl (C=O) groups is 1. The lowest BCUT2D eigenvalue weighted by Crippen LogP contribution is -2.55. The van der Waals surface area contributed by atoms with E-state index in [-0.39, 0.29) is 19.5 Å². The number of ether oxygens (including phenoxy) is 1. The van der Waals surface area contributed by atoms with Gasteiger partial charge >= 0.3 is 12.3 Å². The highest BCUT2D eigenvalue weighted by molar-refractivity contribution is 5.68. The van der Waals surface area contributed by atoms with Crippen LogP contribution in [0.2, 0.25) is 0 Å². The zero-order valence-corrected chi connectivity index (χ0v) is 10.8. The molecule has 1 aliphatic rings. The number of rotatable bonds is 0. The van der Waals surface area contributed by atoms with E-state index < -0.39 is 29.8 Å². The summed E-state index contributed by atoms with van der Waals surface area (Å²) in [4.78, 5) is 12.9. The normalized spacial score (nSPS) is 26.1. The molecule has 0 bridgehead atoms. The number of carbonyl (C=O) groups excluding carboxylic acids is 1. The van der Waals surface area contributed by atoms with E-state index in [2.05, 4.69) is 0 Å². The predicted octanol–water partition coefficient (Wildman–Crippen LogP) is 2.13. The maximum Gasteiger partial charge on any atom is 0.410 e. The van der Waals surface area contributed by atoms with Crippen LogP contribution in [-0.4, -0.2) is 41.9 Å². The van der Waals surface area contributed by atoms with E-state index in [1.165, 1.54) is 4.90 Å². The van der Waals surface area contributed by atoms with Gasteiger partial charge in [0.1, 0.15) is 5.60 Å². The number of likely N-dealkylation sites (tertiary alicyclic amines) is 1. The number of nitrogens with two attached hydrogens (primary N) is 1. The van der Waals surface area contributed by atoms with Crippen molar-refractivity contribution >= 4 is 6.09 Å². The van der Waals surface area contributed by atoms with Gasteiger partial charge in [-0.3, -0.25) is 0 Å². The predicted molar refractivity (Wildman–Crippen MR) is 59.9 cm³/mol. The highest BCUT2D eigenvalue weighted by Gasteiger charge is 2.46. The number of amides is 1. The summed E-state index contributed by atoms with van der Waals surface area (Å²) in [5.74, 6) is -1.55. The maximum absolute atomic E-state index is 12.6. The number of alkyl halides is 3. The van der Waals surface area contributed by atoms with E-state index in [1.807, 2.05) is 0 Å². The molecule has 1 amide bonds. The van der Waals surface area contributed by atoms with Crippen molar-refractivity contribution in [2.45, 2.75) is 45.0 Å². The molecular weight excluding hydrogens is 249 g/mol. The van der Waals surface area contributed by atoms with Gasteiger partial charge in [0, 0.05) is 19.1 Å². The second-order valence-electron chi connectivity index (χ2n) is 5.53. The zero-order chi connectivity index (χ0) is 14.1. The second-order valence-corrected chi connectivity index (χ2v) is 5.53. The standard InChI is InChI=1S/C11H19F3N2O2/c1-10(2,3)18-9(17)16-5-4-7(8(15)6-16)11(12,13)14/h7-8H,4-6,15H2,1-3H3. The third-order valence-electron chi connectivity index (χ3n) is 2.73. The third-order valence-corrected chi connectivity index (χ3v) is 2.73. The van der Waals surface area contributed by atoms with Gasteiger partial charge in [0.2, 0.25) is 0 Å². The van der Waals surface area contributed by atoms with Gasteiger partial charge in [0.15, 0.2) is 0 Å². The van der Waals surface area contributed by atoms with Gasteiger partial charge in [-0.1, -0.05) is 0 Å². The van der Waals surface area contributed by atoms with Gasteiger partial charge in [0.25, 0.3) is 0 Å². The first-order chi connectivity index (χ1) is 8.00. The second kappa shape index (κ2) is 4.95. The van der Waals surface area contributed by atoms with Crippen molar-refractivity contribution in [1.29, 1.82) is 0 Å². The highest BCUT2D eigenvalue weighted by Crippen LogP contribution is 2.33. The molecule has 0 saturated carbocycles. The first kappa shape index (κ1) is 15.1. The minimum Gasteiger partial charge on any atom is -0.444 e. The Morgan fingerprint density at radius 3 is 2.28 bits per heavy atom. The lowest BCUT2D eigenvalue weighted by atomic mass is 9.92. The summed E-state index contributed by atoms with van der Waals surface area (Å²) in [5.41, 5.74) is 4.82. The molecule has 1 fully saturated rings. The third kappa shape index (κ3) is 4.04. The zero-order valence-electron chi connectivity index (χ0n) is 10.8. The summed E-state index contributed by atoms with van der Waals surface area (Å²) in [6.45, 7) is 5.00. The number of halogens is 3. The molecule has 0 aromatic rings. The monoisotopic (exact) mass is 268 g/mol. The molecule has 0 spiro atoms. The van der Waals surface area contributed by atoms with Crippen molar-refractivity contribution in [3.05, 3.63) is 0 Å². The molecule has 2 N–H and O–H groups in total. The van der Waals surface area contributed by atoms with Gasteiger partial charge < -0.3 is 15.4 Å². The number of nitrogens with zero attached hydrogens (tertiary/aromatic N) is 1. The summed E-state index contributed by atoms with van der Waals surface area (Å²) in [6.07, 6.45) is -5.10. The molecule has 106 valence electrons. The molecule has 1 heterocycles. The number of hydrogen-bond donors (Lipinski definition) is 1. The Morgan fingerprint density at radius 2 is 1.89 bits per heavy atom. The van der Waals surface area contributed by atoms with Crippen molar-refractivity contribution < 1.29 is 22.7 Å². The molecule has 1 rings (SSSR count). The molecule has 1 aliphatic heterocycles. The summed E-state index contributed by atoms with van der Waals surface area (Å²) < 4.78 is 42.8. The van der Waals surface area contributed by atoms with Crippen LogP contribution in [-0.2, 0) is 4.74 Å². The van der Waals surface area contributed by atoms with E-state index in [0.29, 0.717) is 0 Å². The smallest absolute Gasteiger partial charge is 0.410 e. The average Bonchev–Trinajstić information content (AvgIpc) is 2.12. The Morgan fingerprint density at radius 1 is 1.33 bits per heavy atom. The Labute approximate surface area is 104 Å². The van der Waals surface area contributed by atoms with Crippen molar-refractivity contribution in [1.82, 2.24) is 4.90 Å². The molecular formula is C11H19F3N2O2. The Hall–Kier alpha value is -0.980. The summed E-state index contributed by atoms with van der Waals surface area (Å²) in [7, 11) is 0. The molecule has 4 nitrogen and oxygen atoms in total. The highest BCUT2D eigenvalue weighted by atomic mass is 19.4. The fourth-order valence-electron chi connectivity index (χ4n) is 1.88. The minimum atomic E-state index is -4.31. The quantitative estimate of drug-likeness (QED) is 0.732. The Balaban J connectivity index is 2.59. The fourth-order valence-corrected chi connectivity index (χ4v) is 1.88. The SMILES string of the molecule is CC(C)(C)OC(=O)N1CCC(C(F)(F)F)C(N)C1. The van der Waals surface area contributed by atoms with Crippen LogP contribution < -0.4 is 5.73 Å². The van der Waals surface area contributed by atoms with Gasteiger partial charge in [-0.05, 0) is 27.2 Å². The maximum atomic E-state index is 12.6. The molecule has 2 unspecified atom stereocenters. The van der Waals surface area contributed by atoms with Crippen LogP contribution in [0.25, 0.3) is 0 Å². The fraction of sp³-hybridized carbons (Fsp3) is 0.909. The van der Waals surface area contributed by atoms with Crippen LogP contribution in [0.4, 0.5) is 18.0 Å². The van der Waals surface area contributed by atoms with Gasteiger partial charge in [-0.2, -0.15) is 13.2 Å². The van der Waals surface area contributed by atoms with Crippen LogP contribution in [0.5, 0.6) is 0 Å². The molecule has 7 heteroatoms. The van der Waals surface area contributed by atoms with E-state index in [9.17, 15) is 18.0 Å². The van der Waals surface area contributed by atoms with Crippen molar-refractivity contribution in [2.24, 2.45) is 11.7 Å². The lowest BCUT2D eigenvalue weighted by molar-refractivity contribution is -0.189. The molecule has 18 heavy (non-hydrogen) atoms. The van der Waals surface area contributed by atoms with E-state index in [1.54, 1.807) is 20.8 Å². The van der Waals surface area contributed by atoms with Gasteiger partial charge in [-0.25, -0.2) is 4.79 Å². The largest absolute Gasteiger partial charge is 0.444 e. The minimum absolute atomic E-state index is 0.0206. The molecule has 0 aromatic carbocycles. The Bertz CT molecular complexity index is 312. The number of piperidine rings is 1. The van der Waals surface area contributed by atoms with Gasteiger partial charge in [-0.15, -0.1) is 0 Å². The van der Waals surface area contributed by atoms with Crippen LogP contribution in [0, 0.1) is 5.92 Å². The van der Waals surface area contributed by atoms with Crippen LogP contribution in [0.1, 0.15) is 27.2 Å². The van der Waals surface area contributed by atoms with E-state index >= 15 is 0 Å². The summed E-state index contributed by atoms with van der Waals surface area (Å²) >= 11 is 0. The first-order valence-electron chi connectivity index (χ1n) is 5.81. The first-order valence-corrected chi connectivity index (χ1v) is 5.81. The average molecular weight is 268 g/mol. The topological polar surface area (TPSA) is 55.6 Å². The lowest BCUT2D eigenvalue weighted by Gasteiger charge is -2.37. The molecule has 0 radical (unpaired) electrons.